The highest BCUT2D eigenvalue weighted by atomic mass is 16.2. The first-order valence-electron chi connectivity index (χ1n) is 8.32. The highest BCUT2D eigenvalue weighted by Crippen LogP contribution is 2.12. The number of amides is 2. The van der Waals surface area contributed by atoms with Crippen LogP contribution in [0.2, 0.25) is 0 Å². The van der Waals surface area contributed by atoms with Crippen molar-refractivity contribution in [3.05, 3.63) is 11.6 Å². The molecule has 0 spiro atoms. The van der Waals surface area contributed by atoms with E-state index in [-0.39, 0.29) is 24.4 Å². The van der Waals surface area contributed by atoms with Crippen LogP contribution in [0.5, 0.6) is 0 Å². The Bertz CT molecular complexity index is 585. The topological polar surface area (TPSA) is 101 Å². The van der Waals surface area contributed by atoms with E-state index in [0.717, 1.165) is 43.9 Å². The molecule has 0 aromatic carbocycles. The SMILES string of the molecule is Cc1nc2n(n1)C[C@H](NCC(=O)N[C@@H]1CCCCNC1=O)CC2. The third kappa shape index (κ3) is 4.07. The molecular formula is C15H24N6O2. The van der Waals surface area contributed by atoms with E-state index in [2.05, 4.69) is 26.0 Å². The lowest BCUT2D eigenvalue weighted by molar-refractivity contribution is -0.128. The molecule has 2 aliphatic heterocycles. The molecule has 2 amide bonds. The van der Waals surface area contributed by atoms with E-state index in [4.69, 9.17) is 0 Å². The third-order valence-corrected chi connectivity index (χ3v) is 4.39. The molecule has 8 nitrogen and oxygen atoms in total. The molecule has 2 aliphatic rings. The maximum atomic E-state index is 12.1. The molecule has 3 rings (SSSR count). The van der Waals surface area contributed by atoms with E-state index in [1.54, 1.807) is 0 Å². The van der Waals surface area contributed by atoms with Crippen molar-refractivity contribution >= 4 is 11.8 Å². The summed E-state index contributed by atoms with van der Waals surface area (Å²) in [6.07, 6.45) is 4.44. The van der Waals surface area contributed by atoms with E-state index < -0.39 is 6.04 Å². The molecule has 0 bridgehead atoms. The van der Waals surface area contributed by atoms with E-state index in [1.165, 1.54) is 0 Å². The summed E-state index contributed by atoms with van der Waals surface area (Å²) in [5.41, 5.74) is 0. The Morgan fingerprint density at radius 1 is 1.39 bits per heavy atom. The van der Waals surface area contributed by atoms with Gasteiger partial charge < -0.3 is 16.0 Å². The molecule has 0 radical (unpaired) electrons. The Kier molecular flexibility index (Phi) is 4.90. The maximum Gasteiger partial charge on any atom is 0.242 e. The maximum absolute atomic E-state index is 12.1. The molecule has 0 saturated carbocycles. The first-order chi connectivity index (χ1) is 11.1. The van der Waals surface area contributed by atoms with Gasteiger partial charge in [0.25, 0.3) is 0 Å². The molecular weight excluding hydrogens is 296 g/mol. The van der Waals surface area contributed by atoms with Gasteiger partial charge in [0.1, 0.15) is 17.7 Å². The number of fused-ring (bicyclic) bond motifs is 1. The second-order valence-electron chi connectivity index (χ2n) is 6.28. The minimum atomic E-state index is -0.400. The Hall–Kier alpha value is -1.96. The Morgan fingerprint density at radius 3 is 3.13 bits per heavy atom. The van der Waals surface area contributed by atoms with Crippen molar-refractivity contribution < 1.29 is 9.59 Å². The molecule has 3 heterocycles. The summed E-state index contributed by atoms with van der Waals surface area (Å²) in [4.78, 5) is 28.3. The molecule has 1 saturated heterocycles. The number of rotatable bonds is 4. The van der Waals surface area contributed by atoms with Crippen LogP contribution in [-0.4, -0.2) is 51.8 Å². The van der Waals surface area contributed by atoms with E-state index in [1.807, 2.05) is 11.6 Å². The largest absolute Gasteiger partial charge is 0.354 e. The van der Waals surface area contributed by atoms with Crippen LogP contribution < -0.4 is 16.0 Å². The fourth-order valence-corrected chi connectivity index (χ4v) is 3.16. The summed E-state index contributed by atoms with van der Waals surface area (Å²) in [7, 11) is 0. The summed E-state index contributed by atoms with van der Waals surface area (Å²) < 4.78 is 1.91. The van der Waals surface area contributed by atoms with Crippen LogP contribution in [0.25, 0.3) is 0 Å². The van der Waals surface area contributed by atoms with Gasteiger partial charge in [0.15, 0.2) is 0 Å². The number of hydrogen-bond donors (Lipinski definition) is 3. The zero-order valence-corrected chi connectivity index (χ0v) is 13.5. The monoisotopic (exact) mass is 320 g/mol. The predicted octanol–water partition coefficient (Wildman–Crippen LogP) is -0.724. The number of aromatic nitrogens is 3. The molecule has 3 N–H and O–H groups in total. The minimum Gasteiger partial charge on any atom is -0.354 e. The van der Waals surface area contributed by atoms with Gasteiger partial charge in [0.05, 0.1) is 13.1 Å². The number of nitrogens with zero attached hydrogens (tertiary/aromatic N) is 3. The van der Waals surface area contributed by atoms with Crippen LogP contribution >= 0.6 is 0 Å². The third-order valence-electron chi connectivity index (χ3n) is 4.39. The van der Waals surface area contributed by atoms with Gasteiger partial charge in [-0.2, -0.15) is 5.10 Å². The van der Waals surface area contributed by atoms with E-state index in [0.29, 0.717) is 13.0 Å². The quantitative estimate of drug-likeness (QED) is 0.679. The lowest BCUT2D eigenvalue weighted by Crippen LogP contribution is -2.49. The number of carbonyl (C=O) groups excluding carboxylic acids is 2. The summed E-state index contributed by atoms with van der Waals surface area (Å²) >= 11 is 0. The van der Waals surface area contributed by atoms with Crippen molar-refractivity contribution in [2.75, 3.05) is 13.1 Å². The normalized spacial score (nSPS) is 24.5. The van der Waals surface area contributed by atoms with Crippen molar-refractivity contribution in [3.8, 4) is 0 Å². The molecule has 23 heavy (non-hydrogen) atoms. The van der Waals surface area contributed by atoms with Crippen molar-refractivity contribution in [3.63, 3.8) is 0 Å². The van der Waals surface area contributed by atoms with Gasteiger partial charge in [0, 0.05) is 19.0 Å². The van der Waals surface area contributed by atoms with Crippen LogP contribution in [-0.2, 0) is 22.6 Å². The fourth-order valence-electron chi connectivity index (χ4n) is 3.16. The molecule has 126 valence electrons. The molecule has 2 atom stereocenters. The average molecular weight is 320 g/mol. The van der Waals surface area contributed by atoms with E-state index in [9.17, 15) is 9.59 Å². The van der Waals surface area contributed by atoms with Crippen molar-refractivity contribution in [2.24, 2.45) is 0 Å². The second kappa shape index (κ2) is 7.08. The smallest absolute Gasteiger partial charge is 0.242 e. The Labute approximate surface area is 135 Å². The van der Waals surface area contributed by atoms with Crippen LogP contribution in [0.1, 0.15) is 37.3 Å². The number of carbonyl (C=O) groups is 2. The summed E-state index contributed by atoms with van der Waals surface area (Å²) in [6, 6.07) is -0.194. The van der Waals surface area contributed by atoms with Crippen LogP contribution in [0.3, 0.4) is 0 Å². The standard InChI is InChI=1S/C15H24N6O2/c1-10-18-13-6-5-11(9-21(13)20-10)17-8-14(22)19-12-4-2-3-7-16-15(12)23/h11-12,17H,2-9H2,1H3,(H,16,23)(H,19,22)/t11-,12-/m1/s1. The molecule has 8 heteroatoms. The van der Waals surface area contributed by atoms with Crippen LogP contribution in [0, 0.1) is 6.92 Å². The molecule has 1 fully saturated rings. The fraction of sp³-hybridized carbons (Fsp3) is 0.733. The van der Waals surface area contributed by atoms with Gasteiger partial charge in [0.2, 0.25) is 11.8 Å². The first-order valence-corrected chi connectivity index (χ1v) is 8.32. The number of nitrogens with one attached hydrogen (secondary N) is 3. The average Bonchev–Trinajstić information content (AvgIpc) is 2.78. The number of aryl methyl sites for hydroxylation is 2. The Morgan fingerprint density at radius 2 is 2.26 bits per heavy atom. The summed E-state index contributed by atoms with van der Waals surface area (Å²) in [5, 5.41) is 13.3. The molecule has 1 aromatic heterocycles. The Balaban J connectivity index is 1.45. The first kappa shape index (κ1) is 15.9. The van der Waals surface area contributed by atoms with Gasteiger partial charge >= 0.3 is 0 Å². The second-order valence-corrected chi connectivity index (χ2v) is 6.28. The highest BCUT2D eigenvalue weighted by molar-refractivity contribution is 5.88. The number of hydrogen-bond acceptors (Lipinski definition) is 5. The van der Waals surface area contributed by atoms with Crippen molar-refractivity contribution in [1.82, 2.24) is 30.7 Å². The summed E-state index contributed by atoms with van der Waals surface area (Å²) in [6.45, 7) is 3.54. The predicted molar refractivity (Wildman–Crippen MR) is 83.7 cm³/mol. The van der Waals surface area contributed by atoms with Gasteiger partial charge in [-0.3, -0.25) is 9.59 Å². The minimum absolute atomic E-state index is 0.0729. The van der Waals surface area contributed by atoms with Crippen LogP contribution in [0.15, 0.2) is 0 Å². The van der Waals surface area contributed by atoms with Gasteiger partial charge in [-0.15, -0.1) is 0 Å². The van der Waals surface area contributed by atoms with Gasteiger partial charge in [-0.25, -0.2) is 9.67 Å². The highest BCUT2D eigenvalue weighted by Gasteiger charge is 2.24. The molecule has 0 aliphatic carbocycles. The molecule has 1 aromatic rings. The van der Waals surface area contributed by atoms with Crippen LogP contribution in [0.4, 0.5) is 0 Å². The zero-order chi connectivity index (χ0) is 16.2. The van der Waals surface area contributed by atoms with Crippen molar-refractivity contribution in [1.29, 1.82) is 0 Å². The zero-order valence-electron chi connectivity index (χ0n) is 13.5. The summed E-state index contributed by atoms with van der Waals surface area (Å²) in [5.74, 6) is 1.60. The van der Waals surface area contributed by atoms with Gasteiger partial charge in [-0.1, -0.05) is 0 Å². The van der Waals surface area contributed by atoms with E-state index >= 15 is 0 Å². The van der Waals surface area contributed by atoms with Gasteiger partial charge in [-0.05, 0) is 32.6 Å². The molecule has 0 unspecified atom stereocenters. The lowest BCUT2D eigenvalue weighted by Gasteiger charge is -2.24. The van der Waals surface area contributed by atoms with Crippen molar-refractivity contribution in [2.45, 2.75) is 57.7 Å². The lowest BCUT2D eigenvalue weighted by atomic mass is 10.1.